The number of hydrogen-bond acceptors (Lipinski definition) is 2. The molecule has 0 N–H and O–H groups in total. The van der Waals surface area contributed by atoms with E-state index in [1.165, 1.54) is 17.7 Å². The molecule has 1 atom stereocenters. The Morgan fingerprint density at radius 1 is 0.889 bits per heavy atom. The van der Waals surface area contributed by atoms with Gasteiger partial charge in [-0.25, -0.2) is 8.78 Å². The first-order valence-corrected chi connectivity index (χ1v) is 9.84. The van der Waals surface area contributed by atoms with Gasteiger partial charge in [-0.3, -0.25) is 9.80 Å². The number of benzene rings is 2. The topological polar surface area (TPSA) is 6.48 Å². The lowest BCUT2D eigenvalue weighted by Crippen LogP contribution is -2.50. The summed E-state index contributed by atoms with van der Waals surface area (Å²) in [7, 11) is 0. The summed E-state index contributed by atoms with van der Waals surface area (Å²) in [5.74, 6) is -0.291. The Labute approximate surface area is 160 Å². The number of allylic oxidation sites excluding steroid dienone is 1. The van der Waals surface area contributed by atoms with Gasteiger partial charge in [-0.15, -0.1) is 0 Å². The number of piperazine rings is 1. The van der Waals surface area contributed by atoms with Gasteiger partial charge in [-0.1, -0.05) is 36.4 Å². The zero-order chi connectivity index (χ0) is 18.6. The molecule has 0 spiro atoms. The summed E-state index contributed by atoms with van der Waals surface area (Å²) >= 11 is 0. The highest BCUT2D eigenvalue weighted by atomic mass is 19.1. The minimum atomic E-state index is -0.177. The average Bonchev–Trinajstić information content (AvgIpc) is 2.71. The van der Waals surface area contributed by atoms with E-state index in [4.69, 9.17) is 0 Å². The highest BCUT2D eigenvalue weighted by Crippen LogP contribution is 2.31. The van der Waals surface area contributed by atoms with Crippen LogP contribution in [-0.4, -0.2) is 42.0 Å². The van der Waals surface area contributed by atoms with E-state index in [1.54, 1.807) is 12.1 Å². The van der Waals surface area contributed by atoms with E-state index in [1.807, 2.05) is 24.3 Å². The van der Waals surface area contributed by atoms with E-state index in [9.17, 15) is 8.78 Å². The van der Waals surface area contributed by atoms with Crippen molar-refractivity contribution in [1.82, 2.24) is 9.80 Å². The fraction of sp³-hybridized carbons (Fsp3) is 0.391. The van der Waals surface area contributed by atoms with Crippen LogP contribution in [0.5, 0.6) is 0 Å². The third-order valence-corrected chi connectivity index (χ3v) is 5.85. The van der Waals surface area contributed by atoms with Gasteiger partial charge in [0.15, 0.2) is 0 Å². The minimum Gasteiger partial charge on any atom is -0.298 e. The van der Waals surface area contributed by atoms with Crippen molar-refractivity contribution in [3.8, 4) is 0 Å². The number of rotatable bonds is 4. The molecule has 0 aromatic heterocycles. The molecular formula is C23H26F2N2. The molecule has 1 aliphatic carbocycles. The van der Waals surface area contributed by atoms with Gasteiger partial charge in [0.05, 0.1) is 0 Å². The normalized spacial score (nSPS) is 21.9. The van der Waals surface area contributed by atoms with Gasteiger partial charge in [0, 0.05) is 44.3 Å². The van der Waals surface area contributed by atoms with Crippen LogP contribution >= 0.6 is 0 Å². The number of hydrogen-bond donors (Lipinski definition) is 0. The Bertz CT molecular complexity index is 792. The van der Waals surface area contributed by atoms with Gasteiger partial charge in [0.25, 0.3) is 0 Å². The highest BCUT2D eigenvalue weighted by molar-refractivity contribution is 5.66. The van der Waals surface area contributed by atoms with Gasteiger partial charge in [0.1, 0.15) is 11.6 Å². The van der Waals surface area contributed by atoms with E-state index >= 15 is 0 Å². The van der Waals surface area contributed by atoms with Crippen molar-refractivity contribution in [2.45, 2.75) is 31.8 Å². The third kappa shape index (κ3) is 4.45. The standard InChI is InChI=1S/C23H26F2N2/c24-20-9-5-18(6-10-20)17-26-13-15-27(16-14-26)21-11-7-19(8-12-21)22-3-1-2-4-23(22)25/h1-7,9-10,21H,8,11-17H2. The van der Waals surface area contributed by atoms with Crippen molar-refractivity contribution in [2.75, 3.05) is 26.2 Å². The molecule has 1 saturated heterocycles. The summed E-state index contributed by atoms with van der Waals surface area (Å²) < 4.78 is 27.0. The fourth-order valence-corrected chi connectivity index (χ4v) is 4.25. The molecule has 2 aromatic rings. The molecule has 0 radical (unpaired) electrons. The summed E-state index contributed by atoms with van der Waals surface area (Å²) in [4.78, 5) is 5.02. The number of nitrogens with zero attached hydrogens (tertiary/aromatic N) is 2. The lowest BCUT2D eigenvalue weighted by Gasteiger charge is -2.40. The maximum atomic E-state index is 14.0. The van der Waals surface area contributed by atoms with Gasteiger partial charge in [-0.05, 0) is 48.6 Å². The first-order chi connectivity index (χ1) is 13.2. The molecular weight excluding hydrogens is 342 g/mol. The van der Waals surface area contributed by atoms with Gasteiger partial charge in [0.2, 0.25) is 0 Å². The van der Waals surface area contributed by atoms with Crippen LogP contribution < -0.4 is 0 Å². The van der Waals surface area contributed by atoms with Crippen LogP contribution in [0.2, 0.25) is 0 Å². The quantitative estimate of drug-likeness (QED) is 0.771. The minimum absolute atomic E-state index is 0.114. The SMILES string of the molecule is Fc1ccc(CN2CCN(C3CC=C(c4ccccc4F)CC3)CC2)cc1. The van der Waals surface area contributed by atoms with Crippen LogP contribution in [-0.2, 0) is 6.54 Å². The Hall–Kier alpha value is -2.04. The van der Waals surface area contributed by atoms with Crippen molar-refractivity contribution >= 4 is 5.57 Å². The molecule has 4 rings (SSSR count). The van der Waals surface area contributed by atoms with Crippen LogP contribution in [0, 0.1) is 11.6 Å². The monoisotopic (exact) mass is 368 g/mol. The van der Waals surface area contributed by atoms with Crippen LogP contribution in [0.25, 0.3) is 5.57 Å². The molecule has 142 valence electrons. The lowest BCUT2D eigenvalue weighted by molar-refractivity contribution is 0.0881. The fourth-order valence-electron chi connectivity index (χ4n) is 4.25. The Balaban J connectivity index is 1.29. The second-order valence-electron chi connectivity index (χ2n) is 7.58. The van der Waals surface area contributed by atoms with E-state index in [2.05, 4.69) is 15.9 Å². The maximum Gasteiger partial charge on any atom is 0.130 e. The van der Waals surface area contributed by atoms with E-state index in [0.29, 0.717) is 6.04 Å². The summed E-state index contributed by atoms with van der Waals surface area (Å²) in [5.41, 5.74) is 3.08. The number of halogens is 2. The van der Waals surface area contributed by atoms with Crippen molar-refractivity contribution in [2.24, 2.45) is 0 Å². The summed E-state index contributed by atoms with van der Waals surface area (Å²) in [5, 5.41) is 0. The first-order valence-electron chi connectivity index (χ1n) is 9.84. The Morgan fingerprint density at radius 2 is 1.63 bits per heavy atom. The van der Waals surface area contributed by atoms with Crippen LogP contribution in [0.4, 0.5) is 8.78 Å². The van der Waals surface area contributed by atoms with Crippen LogP contribution in [0.15, 0.2) is 54.6 Å². The molecule has 1 fully saturated rings. The second kappa shape index (κ2) is 8.32. The zero-order valence-corrected chi connectivity index (χ0v) is 15.6. The Morgan fingerprint density at radius 3 is 2.30 bits per heavy atom. The van der Waals surface area contributed by atoms with Crippen molar-refractivity contribution in [3.63, 3.8) is 0 Å². The van der Waals surface area contributed by atoms with Gasteiger partial charge in [-0.2, -0.15) is 0 Å². The molecule has 1 unspecified atom stereocenters. The molecule has 1 heterocycles. The van der Waals surface area contributed by atoms with Crippen molar-refractivity contribution < 1.29 is 8.78 Å². The smallest absolute Gasteiger partial charge is 0.130 e. The molecule has 2 aromatic carbocycles. The van der Waals surface area contributed by atoms with Gasteiger partial charge < -0.3 is 0 Å². The summed E-state index contributed by atoms with van der Waals surface area (Å²) in [6.07, 6.45) is 5.28. The highest BCUT2D eigenvalue weighted by Gasteiger charge is 2.26. The molecule has 0 amide bonds. The molecule has 0 bridgehead atoms. The molecule has 0 saturated carbocycles. The largest absolute Gasteiger partial charge is 0.298 e. The third-order valence-electron chi connectivity index (χ3n) is 5.85. The predicted octanol–water partition coefficient (Wildman–Crippen LogP) is 4.72. The van der Waals surface area contributed by atoms with Crippen molar-refractivity contribution in [3.05, 3.63) is 77.4 Å². The molecule has 1 aliphatic heterocycles. The maximum absolute atomic E-state index is 14.0. The average molecular weight is 368 g/mol. The second-order valence-corrected chi connectivity index (χ2v) is 7.58. The van der Waals surface area contributed by atoms with E-state index in [0.717, 1.165) is 63.1 Å². The molecule has 4 heteroatoms. The molecule has 2 aliphatic rings. The summed E-state index contributed by atoms with van der Waals surface area (Å²) in [6, 6.07) is 14.5. The lowest BCUT2D eigenvalue weighted by atomic mass is 9.89. The van der Waals surface area contributed by atoms with Crippen LogP contribution in [0.3, 0.4) is 0 Å². The van der Waals surface area contributed by atoms with Crippen LogP contribution in [0.1, 0.15) is 30.4 Å². The predicted molar refractivity (Wildman–Crippen MR) is 105 cm³/mol. The molecule has 27 heavy (non-hydrogen) atoms. The van der Waals surface area contributed by atoms with Crippen molar-refractivity contribution in [1.29, 1.82) is 0 Å². The van der Waals surface area contributed by atoms with E-state index < -0.39 is 0 Å². The first kappa shape index (κ1) is 18.3. The summed E-state index contributed by atoms with van der Waals surface area (Å²) in [6.45, 7) is 5.09. The Kier molecular flexibility index (Phi) is 5.65. The van der Waals surface area contributed by atoms with Gasteiger partial charge >= 0.3 is 0 Å². The molecule has 2 nitrogen and oxygen atoms in total. The van der Waals surface area contributed by atoms with E-state index in [-0.39, 0.29) is 11.6 Å². The zero-order valence-electron chi connectivity index (χ0n) is 15.6.